The summed E-state index contributed by atoms with van der Waals surface area (Å²) in [6, 6.07) is 7.91. The Labute approximate surface area is 236 Å². The van der Waals surface area contributed by atoms with Gasteiger partial charge in [-0.05, 0) is 74.0 Å². The largest absolute Gasteiger partial charge is 0.490 e. The number of carbonyl (C=O) groups excluding carboxylic acids is 2. The highest BCUT2D eigenvalue weighted by atomic mass is 16.6. The van der Waals surface area contributed by atoms with Crippen molar-refractivity contribution in [2.75, 3.05) is 0 Å². The number of benzene rings is 1. The van der Waals surface area contributed by atoms with Crippen molar-refractivity contribution in [1.82, 2.24) is 5.32 Å². The van der Waals surface area contributed by atoms with Crippen molar-refractivity contribution in [1.29, 1.82) is 0 Å². The number of fused-ring (bicyclic) bond motifs is 5. The van der Waals surface area contributed by atoms with Gasteiger partial charge in [-0.25, -0.2) is 0 Å². The normalized spacial score (nSPS) is 51.8. The average molecular weight is 544 g/mol. The van der Waals surface area contributed by atoms with Crippen LogP contribution in [0.5, 0.6) is 5.75 Å². The highest BCUT2D eigenvalue weighted by Gasteiger charge is 2.83. The molecule has 4 bridgehead atoms. The number of ether oxygens (including phenoxy) is 2. The third-order valence-electron chi connectivity index (χ3n) is 12.4. The molecule has 4 unspecified atom stereocenters. The Bertz CT molecular complexity index is 1410. The lowest BCUT2D eigenvalue weighted by molar-refractivity contribution is -0.145. The molecule has 4 aliphatic heterocycles. The molecule has 6 nitrogen and oxygen atoms in total. The van der Waals surface area contributed by atoms with Gasteiger partial charge in [-0.3, -0.25) is 9.59 Å². The number of hydrogen-bond acceptors (Lipinski definition) is 5. The Morgan fingerprint density at radius 1 is 1.02 bits per heavy atom. The molecule has 2 N–H and O–H groups in total. The number of ketones is 1. The number of allylic oxidation sites excluding steroid dienone is 4. The van der Waals surface area contributed by atoms with Crippen molar-refractivity contribution in [3.63, 3.8) is 0 Å². The zero-order valence-corrected chi connectivity index (χ0v) is 24.4. The molecule has 1 amide bonds. The molecule has 1 aromatic rings. The molecule has 13 atom stereocenters. The molecule has 6 heteroatoms. The van der Waals surface area contributed by atoms with Crippen LogP contribution in [0.3, 0.4) is 0 Å². The predicted octanol–water partition coefficient (Wildman–Crippen LogP) is 4.61. The van der Waals surface area contributed by atoms with E-state index in [4.69, 9.17) is 9.47 Å². The lowest BCUT2D eigenvalue weighted by Crippen LogP contribution is -2.55. The van der Waals surface area contributed by atoms with E-state index in [1.165, 1.54) is 16.7 Å². The van der Waals surface area contributed by atoms with Gasteiger partial charge in [0.1, 0.15) is 11.9 Å². The molecular formula is C34H41NO5. The van der Waals surface area contributed by atoms with Crippen molar-refractivity contribution in [3.8, 4) is 5.75 Å². The van der Waals surface area contributed by atoms with E-state index in [0.717, 1.165) is 24.2 Å². The number of morpholine rings is 1. The number of epoxide rings is 1. The summed E-state index contributed by atoms with van der Waals surface area (Å²) >= 11 is 0. The first kappa shape index (κ1) is 25.3. The fourth-order valence-electron chi connectivity index (χ4n) is 11.2. The van der Waals surface area contributed by atoms with Crippen LogP contribution in [0.15, 0.2) is 47.1 Å². The third-order valence-corrected chi connectivity index (χ3v) is 12.4. The maximum absolute atomic E-state index is 15.1. The van der Waals surface area contributed by atoms with Gasteiger partial charge in [0.25, 0.3) is 5.91 Å². The van der Waals surface area contributed by atoms with Crippen LogP contribution in [0, 0.1) is 52.8 Å². The van der Waals surface area contributed by atoms with Crippen LogP contribution in [0.1, 0.15) is 59.9 Å². The van der Waals surface area contributed by atoms with E-state index in [2.05, 4.69) is 52.9 Å². The molecular weight excluding hydrogens is 502 g/mol. The Kier molecular flexibility index (Phi) is 4.86. The second-order valence-corrected chi connectivity index (χ2v) is 14.7. The third kappa shape index (κ3) is 2.87. The standard InChI is InChI=1S/C34H41NO5/c1-15-11-16(2)23-22(12-15)24-19(5)26-18(4)17(3)13-32(26,6)27-25(24)28(23)39-21-9-7-20(8-10-21)14-33(38)30-34(40-30,29(27)36)31(37)35-33/h7-10,13,15-16,18,22-25,27-28,30,38H,11-12,14H2,1-6H3,(H,35,37)/t15-,16+,18-,22-,23-,24-,25+,27-,28-,30?,32?,33?,34?/m0/s1. The molecule has 4 fully saturated rings. The lowest BCUT2D eigenvalue weighted by Gasteiger charge is -2.49. The zero-order chi connectivity index (χ0) is 28.1. The van der Waals surface area contributed by atoms with Gasteiger partial charge in [-0.1, -0.05) is 62.6 Å². The minimum atomic E-state index is -1.64. The van der Waals surface area contributed by atoms with E-state index in [0.29, 0.717) is 23.7 Å². The first-order valence-electron chi connectivity index (χ1n) is 15.3. The number of Topliss-reactive ketones (excluding diaryl/α,β-unsaturated/α-hetero) is 1. The molecule has 1 aromatic carbocycles. The molecule has 4 aliphatic carbocycles. The predicted molar refractivity (Wildman–Crippen MR) is 149 cm³/mol. The van der Waals surface area contributed by atoms with Crippen LogP contribution in [-0.4, -0.2) is 40.3 Å². The van der Waals surface area contributed by atoms with E-state index in [-0.39, 0.29) is 36.1 Å². The van der Waals surface area contributed by atoms with Crippen LogP contribution in [0.2, 0.25) is 0 Å². The van der Waals surface area contributed by atoms with Crippen LogP contribution in [0.25, 0.3) is 0 Å². The molecule has 40 heavy (non-hydrogen) atoms. The monoisotopic (exact) mass is 543 g/mol. The van der Waals surface area contributed by atoms with Crippen molar-refractivity contribution >= 4 is 11.7 Å². The highest BCUT2D eigenvalue weighted by molar-refractivity contribution is 6.16. The Balaban J connectivity index is 1.39. The molecule has 0 radical (unpaired) electrons. The number of aliphatic hydroxyl groups is 1. The number of rotatable bonds is 0. The second kappa shape index (κ2) is 7.69. The van der Waals surface area contributed by atoms with Gasteiger partial charge in [0.2, 0.25) is 5.60 Å². The molecule has 8 aliphatic rings. The van der Waals surface area contributed by atoms with Gasteiger partial charge in [0, 0.05) is 29.6 Å². The van der Waals surface area contributed by atoms with Gasteiger partial charge in [0.05, 0.1) is 0 Å². The van der Waals surface area contributed by atoms with Crippen molar-refractivity contribution < 1.29 is 24.2 Å². The van der Waals surface area contributed by atoms with E-state index in [9.17, 15) is 9.90 Å². The smallest absolute Gasteiger partial charge is 0.265 e. The van der Waals surface area contributed by atoms with Gasteiger partial charge < -0.3 is 19.9 Å². The van der Waals surface area contributed by atoms with Crippen LogP contribution in [0.4, 0.5) is 0 Å². The maximum Gasteiger partial charge on any atom is 0.265 e. The van der Waals surface area contributed by atoms with E-state index in [1.54, 1.807) is 0 Å². The number of carbonyl (C=O) groups is 2. The molecule has 0 spiro atoms. The summed E-state index contributed by atoms with van der Waals surface area (Å²) in [7, 11) is 0. The highest BCUT2D eigenvalue weighted by Crippen LogP contribution is 2.69. The number of nitrogens with one attached hydrogen (secondary N) is 1. The van der Waals surface area contributed by atoms with Gasteiger partial charge in [0.15, 0.2) is 17.6 Å². The summed E-state index contributed by atoms with van der Waals surface area (Å²) in [4.78, 5) is 28.8. The molecule has 212 valence electrons. The van der Waals surface area contributed by atoms with E-state index >= 15 is 4.79 Å². The summed E-state index contributed by atoms with van der Waals surface area (Å²) in [5.74, 6) is 1.88. The molecule has 4 heterocycles. The lowest BCUT2D eigenvalue weighted by atomic mass is 9.53. The SMILES string of the molecule is CC1=CC2(C)C(=C(C)[C@H]3[C@H]4C[C@@H](C)C[C@@H](C)[C@@H]4[C@@H]4Oc5ccc(cc5)CC5(O)NC(=O)C6(OC56)C(=O)[C@@H]2[C@H]43)[C@H]1C. The molecule has 0 aromatic heterocycles. The molecule has 2 saturated carbocycles. The van der Waals surface area contributed by atoms with Crippen LogP contribution < -0.4 is 10.1 Å². The molecule has 9 rings (SSSR count). The fourth-order valence-corrected chi connectivity index (χ4v) is 11.2. The first-order chi connectivity index (χ1) is 18.9. The Hall–Kier alpha value is -2.44. The average Bonchev–Trinajstić information content (AvgIpc) is 3.45. The van der Waals surface area contributed by atoms with Crippen LogP contribution >= 0.6 is 0 Å². The number of hydrogen-bond donors (Lipinski definition) is 2. The Morgan fingerprint density at radius 2 is 1.75 bits per heavy atom. The van der Waals surface area contributed by atoms with E-state index < -0.39 is 34.7 Å². The first-order valence-corrected chi connectivity index (χ1v) is 15.3. The van der Waals surface area contributed by atoms with Gasteiger partial charge in [-0.15, -0.1) is 0 Å². The van der Waals surface area contributed by atoms with Gasteiger partial charge in [-0.2, -0.15) is 0 Å². The fraction of sp³-hybridized carbons (Fsp3) is 0.647. The van der Waals surface area contributed by atoms with Crippen molar-refractivity contribution in [2.24, 2.45) is 52.8 Å². The van der Waals surface area contributed by atoms with E-state index in [1.807, 2.05) is 24.3 Å². The van der Waals surface area contributed by atoms with Crippen molar-refractivity contribution in [2.45, 2.75) is 84.3 Å². The quantitative estimate of drug-likeness (QED) is 0.284. The maximum atomic E-state index is 15.1. The van der Waals surface area contributed by atoms with Crippen molar-refractivity contribution in [3.05, 3.63) is 52.6 Å². The summed E-state index contributed by atoms with van der Waals surface area (Å²) in [6.45, 7) is 13.7. The summed E-state index contributed by atoms with van der Waals surface area (Å²) < 4.78 is 13.1. The summed E-state index contributed by atoms with van der Waals surface area (Å²) in [5.41, 5.74) is 1.13. The zero-order valence-electron chi connectivity index (χ0n) is 24.4. The summed E-state index contributed by atoms with van der Waals surface area (Å²) in [6.07, 6.45) is 3.74. The summed E-state index contributed by atoms with van der Waals surface area (Å²) in [5, 5.41) is 14.5. The minimum absolute atomic E-state index is 0.0838. The van der Waals surface area contributed by atoms with Crippen LogP contribution in [-0.2, 0) is 20.7 Å². The minimum Gasteiger partial charge on any atom is -0.490 e. The Morgan fingerprint density at radius 3 is 2.45 bits per heavy atom. The molecule has 2 saturated heterocycles. The topological polar surface area (TPSA) is 88.2 Å². The number of amides is 1. The van der Waals surface area contributed by atoms with Gasteiger partial charge >= 0.3 is 0 Å². The second-order valence-electron chi connectivity index (χ2n) is 14.7.